The molecule has 0 spiro atoms. The molecule has 0 bridgehead atoms. The van der Waals surface area contributed by atoms with Gasteiger partial charge < -0.3 is 99.8 Å². The van der Waals surface area contributed by atoms with E-state index in [9.17, 15) is 5.11 Å². The van der Waals surface area contributed by atoms with Gasteiger partial charge in [0.05, 0.1) is 112 Å². The summed E-state index contributed by atoms with van der Waals surface area (Å²) in [5.41, 5.74) is 10.6. The minimum Gasteiger partial charge on any atom is -0.385 e. The largest absolute Gasteiger partial charge is 0.385 e. The summed E-state index contributed by atoms with van der Waals surface area (Å²) in [6, 6.07) is 119. The monoisotopic (exact) mass is 1790 g/mol. The lowest BCUT2D eigenvalue weighted by atomic mass is 9.94. The molecule has 21 nitrogen and oxygen atoms in total. The van der Waals surface area contributed by atoms with Crippen molar-refractivity contribution in [2.45, 2.75) is 202 Å². The van der Waals surface area contributed by atoms with Crippen LogP contribution in [0.25, 0.3) is 0 Å². The van der Waals surface area contributed by atoms with E-state index < -0.39 is 123 Å². The van der Waals surface area contributed by atoms with E-state index in [1.54, 1.807) is 6.08 Å². The zero-order chi connectivity index (χ0) is 89.8. The van der Waals surface area contributed by atoms with Gasteiger partial charge in [0.15, 0.2) is 25.2 Å². The number of aliphatic hydroxyl groups is 1. The molecule has 21 heteroatoms. The van der Waals surface area contributed by atoms with Gasteiger partial charge >= 0.3 is 0 Å². The van der Waals surface area contributed by atoms with Crippen molar-refractivity contribution in [2.24, 2.45) is 0 Å². The maximum absolute atomic E-state index is 13.9. The van der Waals surface area contributed by atoms with Crippen LogP contribution in [-0.2, 0) is 174 Å². The van der Waals surface area contributed by atoms with E-state index in [2.05, 4.69) is 6.58 Å². The Morgan fingerprint density at radius 3 is 0.598 bits per heavy atom. The van der Waals surface area contributed by atoms with Crippen LogP contribution in [-0.4, -0.2) is 161 Å². The molecule has 4 heterocycles. The van der Waals surface area contributed by atoms with E-state index in [-0.39, 0.29) is 112 Å². The van der Waals surface area contributed by atoms with Crippen LogP contribution in [0.15, 0.2) is 377 Å². The van der Waals surface area contributed by atoms with E-state index >= 15 is 0 Å². The van der Waals surface area contributed by atoms with Crippen LogP contribution in [0.2, 0.25) is 0 Å². The second-order valence-corrected chi connectivity index (χ2v) is 33.2. The molecule has 16 rings (SSSR count). The summed E-state index contributed by atoms with van der Waals surface area (Å²) in [6.07, 6.45) is -23.1. The standard InChI is InChI=1S/C111H118O21/c1-2-63-117-109-105(102(123-73-89-57-33-12-34-58-89)98(119-69-85-49-25-8-26-50-85)93(127-109)77-114-65-81-41-17-4-18-42-81)131-111-107(104(125-75-91-61-37-14-38-62-91)100(121-71-87-53-29-10-30-54-87)95(129-111)79-116-67-83-45-21-6-22-46-83)132-110-106(103(124-74-90-59-35-13-36-60-90)99(120-70-86-51-27-9-28-52-86)94(128-110)78-115-66-82-43-19-5-20-44-82)130-108-96(112)101(122-72-88-55-31-11-32-56-88)97(118-68-84-47-23-7-24-48-84)92(126-108)76-113-64-80-39-15-3-16-40-80/h2-62,92-112H,1,63-79H2/t92-,93-,94-,95-,96-,97-,98-,99-,100-,101-,102+,103+,104+,105+,106+,107+,108+,109+,110+,111-/m1/s1. The second kappa shape index (κ2) is 51.1. The number of rotatable bonds is 49. The number of hydrogen-bond donors (Lipinski definition) is 1. The molecule has 1 N–H and O–H groups in total. The zero-order valence-electron chi connectivity index (χ0n) is 74.1. The minimum absolute atomic E-state index is 0.00360. The van der Waals surface area contributed by atoms with Crippen molar-refractivity contribution in [1.82, 2.24) is 0 Å². The highest BCUT2D eigenvalue weighted by molar-refractivity contribution is 5.23. The lowest BCUT2D eigenvalue weighted by Crippen LogP contribution is -2.69. The van der Waals surface area contributed by atoms with E-state index in [4.69, 9.17) is 94.7 Å². The third-order valence-corrected chi connectivity index (χ3v) is 23.5. The molecule has 20 atom stereocenters. The fraction of sp³-hybridized carbons (Fsp3) is 0.333. The summed E-state index contributed by atoms with van der Waals surface area (Å²) in [5.74, 6) is 0. The predicted octanol–water partition coefficient (Wildman–Crippen LogP) is 18.2. The van der Waals surface area contributed by atoms with Crippen molar-refractivity contribution in [3.8, 4) is 0 Å². The molecule has 0 radical (unpaired) electrons. The van der Waals surface area contributed by atoms with Crippen LogP contribution < -0.4 is 0 Å². The van der Waals surface area contributed by atoms with Crippen LogP contribution in [0.1, 0.15) is 66.8 Å². The Kier molecular flexibility index (Phi) is 36.7. The highest BCUT2D eigenvalue weighted by atomic mass is 16.8. The predicted molar refractivity (Wildman–Crippen MR) is 496 cm³/mol. The molecule has 12 aromatic rings. The highest BCUT2D eigenvalue weighted by Crippen LogP contribution is 2.42. The first-order valence-corrected chi connectivity index (χ1v) is 45.5. The second-order valence-electron chi connectivity index (χ2n) is 33.2. The first kappa shape index (κ1) is 94.7. The van der Waals surface area contributed by atoms with Gasteiger partial charge in [-0.1, -0.05) is 370 Å². The van der Waals surface area contributed by atoms with Crippen LogP contribution in [0, 0.1) is 0 Å². The number of hydrogen-bond acceptors (Lipinski definition) is 21. The Bertz CT molecular complexity index is 5160. The molecule has 0 amide bonds. The summed E-state index contributed by atoms with van der Waals surface area (Å²) >= 11 is 0. The SMILES string of the molecule is C=CCO[C@H]1O[C@H](COCc2ccccc2)[C@@H](OCc2ccccc2)[C@H](OCc2ccccc2)[C@@H]1O[C@H]1O[C@H](COCc2ccccc2)[C@@H](OCc2ccccc2)[C@H](OCc2ccccc2)[C@@H]1O[C@@H]1O[C@H](COCc2ccccc2)[C@@H](OCc2ccccc2)[C@H](OCc2ccccc2)[C@@H]1O[C@@H]1O[C@H](COCc2ccccc2)[C@@H](OCc2ccccc2)[C@H](OCc2ccccc2)[C@H]1O. The van der Waals surface area contributed by atoms with Crippen molar-refractivity contribution in [3.63, 3.8) is 0 Å². The van der Waals surface area contributed by atoms with Crippen molar-refractivity contribution < 1.29 is 99.8 Å². The van der Waals surface area contributed by atoms with Crippen LogP contribution in [0.3, 0.4) is 0 Å². The number of ether oxygens (including phenoxy) is 20. The quantitative estimate of drug-likeness (QED) is 0.0352. The zero-order valence-corrected chi connectivity index (χ0v) is 74.1. The Hall–Kier alpha value is -10.5. The Balaban J connectivity index is 0.871. The summed E-state index contributed by atoms with van der Waals surface area (Å²) < 4.78 is 148. The molecule has 132 heavy (non-hydrogen) atoms. The van der Waals surface area contributed by atoms with Crippen molar-refractivity contribution in [3.05, 3.63) is 443 Å². The smallest absolute Gasteiger partial charge is 0.187 e. The molecule has 4 aliphatic rings. The van der Waals surface area contributed by atoms with Crippen molar-refractivity contribution in [1.29, 1.82) is 0 Å². The lowest BCUT2D eigenvalue weighted by Gasteiger charge is -2.52. The molecule has 4 aliphatic heterocycles. The van der Waals surface area contributed by atoms with E-state index in [0.717, 1.165) is 66.8 Å². The molecular formula is C111H118O21. The van der Waals surface area contributed by atoms with Crippen LogP contribution >= 0.6 is 0 Å². The molecule has 0 saturated carbocycles. The average Bonchev–Trinajstić information content (AvgIpc) is 0.753. The Morgan fingerprint density at radius 1 is 0.197 bits per heavy atom. The Morgan fingerprint density at radius 2 is 0.371 bits per heavy atom. The summed E-state index contributed by atoms with van der Waals surface area (Å²) in [6.45, 7) is 5.37. The molecule has 0 aromatic heterocycles. The highest BCUT2D eigenvalue weighted by Gasteiger charge is 2.60. The van der Waals surface area contributed by atoms with Gasteiger partial charge in [-0.25, -0.2) is 0 Å². The lowest BCUT2D eigenvalue weighted by molar-refractivity contribution is -0.416. The molecular weight excluding hydrogens is 1670 g/mol. The van der Waals surface area contributed by atoms with E-state index in [0.29, 0.717) is 0 Å². The van der Waals surface area contributed by atoms with Gasteiger partial charge in [0.25, 0.3) is 0 Å². The van der Waals surface area contributed by atoms with Crippen LogP contribution in [0.4, 0.5) is 0 Å². The van der Waals surface area contributed by atoms with Crippen molar-refractivity contribution in [2.75, 3.05) is 33.0 Å². The molecule has 0 aliphatic carbocycles. The minimum atomic E-state index is -1.65. The summed E-state index contributed by atoms with van der Waals surface area (Å²) in [4.78, 5) is 0. The molecule has 4 saturated heterocycles. The van der Waals surface area contributed by atoms with Crippen LogP contribution in [0.5, 0.6) is 0 Å². The normalized spacial score (nSPS) is 25.5. The Labute approximate surface area is 774 Å². The first-order valence-electron chi connectivity index (χ1n) is 45.5. The van der Waals surface area contributed by atoms with Gasteiger partial charge in [-0.05, 0) is 66.8 Å². The maximum Gasteiger partial charge on any atom is 0.187 e. The van der Waals surface area contributed by atoms with Gasteiger partial charge in [-0.3, -0.25) is 0 Å². The van der Waals surface area contributed by atoms with Gasteiger partial charge in [-0.15, -0.1) is 6.58 Å². The fourth-order valence-electron chi connectivity index (χ4n) is 16.8. The summed E-state index contributed by atoms with van der Waals surface area (Å²) in [7, 11) is 0. The van der Waals surface area contributed by atoms with Gasteiger partial charge in [0.1, 0.15) is 97.7 Å². The summed E-state index contributed by atoms with van der Waals surface area (Å²) in [5, 5.41) is 13.9. The maximum atomic E-state index is 13.9. The van der Waals surface area contributed by atoms with Gasteiger partial charge in [-0.2, -0.15) is 0 Å². The van der Waals surface area contributed by atoms with Gasteiger partial charge in [0.2, 0.25) is 0 Å². The number of benzene rings is 12. The molecule has 4 fully saturated rings. The topological polar surface area (TPSA) is 205 Å². The van der Waals surface area contributed by atoms with Crippen molar-refractivity contribution >= 4 is 0 Å². The first-order chi connectivity index (χ1) is 65.3. The molecule has 0 unspecified atom stereocenters. The van der Waals surface area contributed by atoms with E-state index in [1.807, 2.05) is 364 Å². The molecule has 12 aromatic carbocycles. The van der Waals surface area contributed by atoms with Gasteiger partial charge in [0, 0.05) is 0 Å². The third-order valence-electron chi connectivity index (χ3n) is 23.5. The van der Waals surface area contributed by atoms with E-state index in [1.165, 1.54) is 0 Å². The fourth-order valence-corrected chi connectivity index (χ4v) is 16.8. The number of aliphatic hydroxyl groups excluding tert-OH is 1. The molecule has 688 valence electrons. The average molecular weight is 1790 g/mol. The third kappa shape index (κ3) is 27.9.